The van der Waals surface area contributed by atoms with Gasteiger partial charge in [-0.2, -0.15) is 0 Å². The van der Waals surface area contributed by atoms with E-state index in [-0.39, 0.29) is 5.54 Å². The predicted octanol–water partition coefficient (Wildman–Crippen LogP) is 3.84. The number of amides is 1. The Labute approximate surface area is 134 Å². The molecule has 3 nitrogen and oxygen atoms in total. The minimum Gasteiger partial charge on any atom is -0.311 e. The highest BCUT2D eigenvalue weighted by atomic mass is 16.2. The summed E-state index contributed by atoms with van der Waals surface area (Å²) in [6.07, 6.45) is 8.22. The van der Waals surface area contributed by atoms with Gasteiger partial charge < -0.3 is 4.90 Å². The number of benzene rings is 1. The molecule has 0 spiro atoms. The number of anilines is 1. The van der Waals surface area contributed by atoms with Gasteiger partial charge in [0.2, 0.25) is 5.91 Å². The van der Waals surface area contributed by atoms with E-state index in [1.807, 2.05) is 23.1 Å². The molecule has 1 aliphatic carbocycles. The Balaban J connectivity index is 1.90. The Morgan fingerprint density at radius 3 is 2.27 bits per heavy atom. The number of hydrogen-bond donors (Lipinski definition) is 0. The van der Waals surface area contributed by atoms with Crippen molar-refractivity contribution in [2.75, 3.05) is 24.5 Å². The Kier molecular flexibility index (Phi) is 4.82. The number of likely N-dealkylation sites (N-methyl/N-ethyl adjacent to an activating group) is 1. The second-order valence-corrected chi connectivity index (χ2v) is 6.67. The molecule has 2 aliphatic rings. The largest absolute Gasteiger partial charge is 0.311 e. The molecule has 1 heterocycles. The number of rotatable bonds is 4. The fourth-order valence-corrected chi connectivity index (χ4v) is 4.25. The molecule has 0 radical (unpaired) electrons. The van der Waals surface area contributed by atoms with Crippen LogP contribution in [0.2, 0.25) is 0 Å². The van der Waals surface area contributed by atoms with Gasteiger partial charge in [0.1, 0.15) is 5.54 Å². The van der Waals surface area contributed by atoms with Gasteiger partial charge in [0.15, 0.2) is 0 Å². The molecule has 0 aromatic heterocycles. The van der Waals surface area contributed by atoms with Crippen LogP contribution < -0.4 is 4.90 Å². The first-order chi connectivity index (χ1) is 10.8. The monoisotopic (exact) mass is 300 g/mol. The lowest BCUT2D eigenvalue weighted by Crippen LogP contribution is -2.60. The van der Waals surface area contributed by atoms with E-state index in [1.54, 1.807) is 0 Å². The zero-order valence-corrected chi connectivity index (χ0v) is 13.8. The van der Waals surface area contributed by atoms with E-state index >= 15 is 0 Å². The van der Waals surface area contributed by atoms with Crippen LogP contribution in [0.4, 0.5) is 5.69 Å². The summed E-state index contributed by atoms with van der Waals surface area (Å²) in [6.45, 7) is 5.03. The van der Waals surface area contributed by atoms with Crippen LogP contribution in [0.15, 0.2) is 30.3 Å². The number of likely N-dealkylation sites (tertiary alicyclic amines) is 1. The van der Waals surface area contributed by atoms with Crippen LogP contribution in [0, 0.1) is 0 Å². The highest BCUT2D eigenvalue weighted by molar-refractivity contribution is 6.00. The molecule has 3 heteroatoms. The quantitative estimate of drug-likeness (QED) is 0.843. The number of nitrogens with zero attached hydrogens (tertiary/aromatic N) is 2. The summed E-state index contributed by atoms with van der Waals surface area (Å²) in [7, 11) is 0. The van der Waals surface area contributed by atoms with Gasteiger partial charge in [0, 0.05) is 12.2 Å². The van der Waals surface area contributed by atoms with Crippen LogP contribution in [-0.2, 0) is 4.79 Å². The van der Waals surface area contributed by atoms with Crippen molar-refractivity contribution < 1.29 is 4.79 Å². The van der Waals surface area contributed by atoms with Crippen LogP contribution in [-0.4, -0.2) is 36.0 Å². The fraction of sp³-hybridized carbons (Fsp3) is 0.632. The zero-order valence-electron chi connectivity index (χ0n) is 13.8. The molecule has 0 atom stereocenters. The smallest absolute Gasteiger partial charge is 0.247 e. The first-order valence-electron chi connectivity index (χ1n) is 8.90. The third kappa shape index (κ3) is 2.79. The molecule has 0 unspecified atom stereocenters. The molecule has 0 N–H and O–H groups in total. The second kappa shape index (κ2) is 6.82. The van der Waals surface area contributed by atoms with E-state index in [0.717, 1.165) is 38.2 Å². The summed E-state index contributed by atoms with van der Waals surface area (Å²) < 4.78 is 0. The molecule has 1 aliphatic heterocycles. The first kappa shape index (κ1) is 15.5. The van der Waals surface area contributed by atoms with Gasteiger partial charge in [-0.05, 0) is 57.8 Å². The van der Waals surface area contributed by atoms with Gasteiger partial charge in [-0.25, -0.2) is 0 Å². The maximum Gasteiger partial charge on any atom is 0.247 e. The average molecular weight is 300 g/mol. The number of carbonyl (C=O) groups excluding carboxylic acids is 1. The van der Waals surface area contributed by atoms with Gasteiger partial charge >= 0.3 is 0 Å². The topological polar surface area (TPSA) is 23.6 Å². The lowest BCUT2D eigenvalue weighted by molar-refractivity contribution is -0.132. The molecule has 120 valence electrons. The van der Waals surface area contributed by atoms with E-state index < -0.39 is 0 Å². The van der Waals surface area contributed by atoms with E-state index in [0.29, 0.717) is 5.91 Å². The summed E-state index contributed by atoms with van der Waals surface area (Å²) in [4.78, 5) is 18.0. The zero-order chi connectivity index (χ0) is 15.4. The Morgan fingerprint density at radius 1 is 1.05 bits per heavy atom. The third-order valence-corrected chi connectivity index (χ3v) is 5.42. The molecule has 2 fully saturated rings. The number of carbonyl (C=O) groups is 1. The van der Waals surface area contributed by atoms with Crippen LogP contribution in [0.3, 0.4) is 0 Å². The molecule has 3 rings (SSSR count). The molecular formula is C19H28N2O. The summed E-state index contributed by atoms with van der Waals surface area (Å²) in [6, 6.07) is 10.2. The highest BCUT2D eigenvalue weighted by Gasteiger charge is 2.47. The normalized spacial score (nSPS) is 21.7. The van der Waals surface area contributed by atoms with E-state index in [9.17, 15) is 4.79 Å². The lowest BCUT2D eigenvalue weighted by Gasteiger charge is -2.45. The summed E-state index contributed by atoms with van der Waals surface area (Å²) in [5.41, 5.74) is 0.805. The average Bonchev–Trinajstić information content (AvgIpc) is 3.12. The van der Waals surface area contributed by atoms with Crippen LogP contribution >= 0.6 is 0 Å². The van der Waals surface area contributed by atoms with Gasteiger partial charge in [0.05, 0.1) is 0 Å². The van der Waals surface area contributed by atoms with Gasteiger partial charge in [-0.15, -0.1) is 0 Å². The minimum atomic E-state index is -0.236. The van der Waals surface area contributed by atoms with Crippen molar-refractivity contribution in [3.05, 3.63) is 30.3 Å². The van der Waals surface area contributed by atoms with Crippen molar-refractivity contribution in [3.8, 4) is 0 Å². The standard InChI is InChI=1S/C19H28N2O/c1-2-21(17-11-5-3-6-12-17)18(22)19(13-7-4-8-14-19)20-15-9-10-16-20/h3,5-6,11-12H,2,4,7-10,13-16H2,1H3. The molecule has 22 heavy (non-hydrogen) atoms. The van der Waals surface area contributed by atoms with Gasteiger partial charge in [0.25, 0.3) is 0 Å². The maximum absolute atomic E-state index is 13.5. The van der Waals surface area contributed by atoms with Crippen molar-refractivity contribution in [2.45, 2.75) is 57.4 Å². The van der Waals surface area contributed by atoms with Crippen LogP contribution in [0.25, 0.3) is 0 Å². The Morgan fingerprint density at radius 2 is 1.68 bits per heavy atom. The SMILES string of the molecule is CCN(C(=O)C1(N2CCCC2)CCCCC1)c1ccccc1. The van der Waals surface area contributed by atoms with Crippen LogP contribution in [0.1, 0.15) is 51.9 Å². The van der Waals surface area contributed by atoms with Crippen molar-refractivity contribution in [2.24, 2.45) is 0 Å². The second-order valence-electron chi connectivity index (χ2n) is 6.67. The lowest BCUT2D eigenvalue weighted by atomic mass is 9.79. The molecular weight excluding hydrogens is 272 g/mol. The summed E-state index contributed by atoms with van der Waals surface area (Å²) in [5, 5.41) is 0. The molecule has 1 saturated carbocycles. The van der Waals surface area contributed by atoms with Gasteiger partial charge in [-0.3, -0.25) is 9.69 Å². The van der Waals surface area contributed by atoms with Crippen molar-refractivity contribution in [1.82, 2.24) is 4.90 Å². The van der Waals surface area contributed by atoms with E-state index in [1.165, 1.54) is 32.1 Å². The summed E-state index contributed by atoms with van der Waals surface area (Å²) in [5.74, 6) is 0.336. The molecule has 0 bridgehead atoms. The highest BCUT2D eigenvalue weighted by Crippen LogP contribution is 2.38. The minimum absolute atomic E-state index is 0.236. The first-order valence-corrected chi connectivity index (χ1v) is 8.90. The Hall–Kier alpha value is -1.35. The predicted molar refractivity (Wildman–Crippen MR) is 91.1 cm³/mol. The molecule has 1 aromatic carbocycles. The third-order valence-electron chi connectivity index (χ3n) is 5.42. The number of hydrogen-bond acceptors (Lipinski definition) is 2. The van der Waals surface area contributed by atoms with Crippen molar-refractivity contribution in [1.29, 1.82) is 0 Å². The maximum atomic E-state index is 13.5. The summed E-state index contributed by atoms with van der Waals surface area (Å²) >= 11 is 0. The molecule has 1 saturated heterocycles. The Bertz CT molecular complexity index is 487. The van der Waals surface area contributed by atoms with Gasteiger partial charge in [-0.1, -0.05) is 37.5 Å². The van der Waals surface area contributed by atoms with Crippen molar-refractivity contribution in [3.63, 3.8) is 0 Å². The molecule has 1 amide bonds. The van der Waals surface area contributed by atoms with E-state index in [4.69, 9.17) is 0 Å². The number of para-hydroxylation sites is 1. The van der Waals surface area contributed by atoms with Crippen molar-refractivity contribution >= 4 is 11.6 Å². The molecule has 1 aromatic rings. The van der Waals surface area contributed by atoms with Crippen LogP contribution in [0.5, 0.6) is 0 Å². The van der Waals surface area contributed by atoms with E-state index in [2.05, 4.69) is 24.0 Å². The fourth-order valence-electron chi connectivity index (χ4n) is 4.25.